The van der Waals surface area contributed by atoms with Crippen molar-refractivity contribution in [1.29, 1.82) is 0 Å². The molecule has 1 heterocycles. The smallest absolute Gasteiger partial charge is 0.238 e. The van der Waals surface area contributed by atoms with Gasteiger partial charge in [-0.1, -0.05) is 62.4 Å². The molecule has 3 fully saturated rings. The van der Waals surface area contributed by atoms with E-state index in [-0.39, 0.29) is 23.9 Å². The van der Waals surface area contributed by atoms with Crippen LogP contribution in [0.25, 0.3) is 0 Å². The van der Waals surface area contributed by atoms with Crippen LogP contribution in [0.3, 0.4) is 0 Å². The highest BCUT2D eigenvalue weighted by molar-refractivity contribution is 5.83. The molecule has 0 spiro atoms. The summed E-state index contributed by atoms with van der Waals surface area (Å²) in [6, 6.07) is 10.1. The van der Waals surface area contributed by atoms with Crippen LogP contribution in [0.2, 0.25) is 0 Å². The molecular formula is C26H39N3O2. The summed E-state index contributed by atoms with van der Waals surface area (Å²) in [5, 5.41) is 3.29. The van der Waals surface area contributed by atoms with Crippen molar-refractivity contribution in [2.24, 2.45) is 11.8 Å². The minimum absolute atomic E-state index is 0.00627. The monoisotopic (exact) mass is 425 g/mol. The predicted molar refractivity (Wildman–Crippen MR) is 123 cm³/mol. The van der Waals surface area contributed by atoms with E-state index in [1.54, 1.807) is 0 Å². The molecule has 31 heavy (non-hydrogen) atoms. The Morgan fingerprint density at radius 1 is 0.871 bits per heavy atom. The van der Waals surface area contributed by atoms with Crippen LogP contribution in [0.15, 0.2) is 30.3 Å². The predicted octanol–water partition coefficient (Wildman–Crippen LogP) is 4.15. The summed E-state index contributed by atoms with van der Waals surface area (Å²) in [4.78, 5) is 30.8. The average Bonchev–Trinajstić information content (AvgIpc) is 3.34. The van der Waals surface area contributed by atoms with E-state index in [4.69, 9.17) is 0 Å². The van der Waals surface area contributed by atoms with E-state index in [2.05, 4.69) is 34.2 Å². The van der Waals surface area contributed by atoms with E-state index in [0.29, 0.717) is 11.8 Å². The number of hydrogen-bond acceptors (Lipinski definition) is 3. The lowest BCUT2D eigenvalue weighted by molar-refractivity contribution is -0.140. The van der Waals surface area contributed by atoms with Gasteiger partial charge in [-0.3, -0.25) is 14.5 Å². The summed E-state index contributed by atoms with van der Waals surface area (Å²) in [5.41, 5.74) is 1.14. The van der Waals surface area contributed by atoms with E-state index in [1.165, 1.54) is 32.1 Å². The second kappa shape index (κ2) is 10.6. The molecule has 4 rings (SSSR count). The Morgan fingerprint density at radius 3 is 2.13 bits per heavy atom. The van der Waals surface area contributed by atoms with Crippen molar-refractivity contribution < 1.29 is 9.59 Å². The maximum atomic E-state index is 13.4. The van der Waals surface area contributed by atoms with Crippen molar-refractivity contribution in [3.05, 3.63) is 35.9 Å². The molecule has 2 amide bonds. The van der Waals surface area contributed by atoms with Gasteiger partial charge in [0.25, 0.3) is 0 Å². The molecule has 2 atom stereocenters. The highest BCUT2D eigenvalue weighted by Gasteiger charge is 2.38. The summed E-state index contributed by atoms with van der Waals surface area (Å²) < 4.78 is 0. The molecule has 170 valence electrons. The zero-order chi connectivity index (χ0) is 21.6. The molecular weight excluding hydrogens is 386 g/mol. The summed E-state index contributed by atoms with van der Waals surface area (Å²) in [5.74, 6) is 1.19. The van der Waals surface area contributed by atoms with Crippen molar-refractivity contribution >= 4 is 11.8 Å². The molecule has 1 aliphatic heterocycles. The van der Waals surface area contributed by atoms with Crippen LogP contribution in [-0.4, -0.2) is 53.8 Å². The van der Waals surface area contributed by atoms with Crippen LogP contribution in [0.1, 0.15) is 76.3 Å². The van der Waals surface area contributed by atoms with Crippen LogP contribution in [-0.2, 0) is 9.59 Å². The Hall–Kier alpha value is -1.88. The molecule has 1 aromatic rings. The van der Waals surface area contributed by atoms with Crippen LogP contribution >= 0.6 is 0 Å². The first-order chi connectivity index (χ1) is 15.1. The zero-order valence-electron chi connectivity index (χ0n) is 19.1. The minimum Gasteiger partial charge on any atom is -0.348 e. The number of benzene rings is 1. The van der Waals surface area contributed by atoms with Crippen molar-refractivity contribution in [2.45, 2.75) is 76.8 Å². The van der Waals surface area contributed by atoms with Crippen LogP contribution in [0.4, 0.5) is 0 Å². The number of amides is 2. The fourth-order valence-electron chi connectivity index (χ4n) is 5.90. The van der Waals surface area contributed by atoms with Gasteiger partial charge in [0, 0.05) is 32.1 Å². The largest absolute Gasteiger partial charge is 0.348 e. The van der Waals surface area contributed by atoms with E-state index in [9.17, 15) is 9.59 Å². The minimum atomic E-state index is -0.0689. The Morgan fingerprint density at radius 2 is 1.48 bits per heavy atom. The molecule has 0 aromatic heterocycles. The number of piperazine rings is 1. The number of carbonyl (C=O) groups is 2. The fourth-order valence-corrected chi connectivity index (χ4v) is 5.90. The molecule has 2 saturated carbocycles. The highest BCUT2D eigenvalue weighted by atomic mass is 16.2. The van der Waals surface area contributed by atoms with Crippen molar-refractivity contribution in [1.82, 2.24) is 15.1 Å². The second-order valence-corrected chi connectivity index (χ2v) is 9.83. The first-order valence-corrected chi connectivity index (χ1v) is 12.5. The molecule has 3 aliphatic rings. The summed E-state index contributed by atoms with van der Waals surface area (Å²) in [6.45, 7) is 5.22. The topological polar surface area (TPSA) is 52.7 Å². The van der Waals surface area contributed by atoms with Crippen LogP contribution in [0, 0.1) is 11.8 Å². The third kappa shape index (κ3) is 5.49. The number of nitrogens with one attached hydrogen (secondary N) is 1. The first-order valence-electron chi connectivity index (χ1n) is 12.5. The van der Waals surface area contributed by atoms with Gasteiger partial charge in [0.15, 0.2) is 0 Å². The third-order valence-electron chi connectivity index (χ3n) is 7.75. The summed E-state index contributed by atoms with van der Waals surface area (Å²) in [6.07, 6.45) is 10.5. The maximum Gasteiger partial charge on any atom is 0.238 e. The first kappa shape index (κ1) is 22.3. The van der Waals surface area contributed by atoms with Gasteiger partial charge in [0.2, 0.25) is 11.8 Å². The lowest BCUT2D eigenvalue weighted by Crippen LogP contribution is -2.58. The van der Waals surface area contributed by atoms with Gasteiger partial charge in [0.05, 0.1) is 12.1 Å². The summed E-state index contributed by atoms with van der Waals surface area (Å²) in [7, 11) is 0. The Balaban J connectivity index is 1.37. The van der Waals surface area contributed by atoms with Crippen molar-refractivity contribution in [2.75, 3.05) is 26.2 Å². The molecule has 2 aliphatic carbocycles. The molecule has 1 aromatic carbocycles. The van der Waals surface area contributed by atoms with Crippen LogP contribution < -0.4 is 5.32 Å². The lowest BCUT2D eigenvalue weighted by Gasteiger charge is -2.42. The zero-order valence-corrected chi connectivity index (χ0v) is 19.1. The number of rotatable bonds is 6. The lowest BCUT2D eigenvalue weighted by atomic mass is 9.88. The van der Waals surface area contributed by atoms with Gasteiger partial charge in [-0.05, 0) is 44.1 Å². The molecule has 1 saturated heterocycles. The van der Waals surface area contributed by atoms with Gasteiger partial charge >= 0.3 is 0 Å². The normalized spacial score (nSPS) is 23.5. The van der Waals surface area contributed by atoms with E-state index < -0.39 is 0 Å². The highest BCUT2D eigenvalue weighted by Crippen LogP contribution is 2.32. The van der Waals surface area contributed by atoms with Crippen molar-refractivity contribution in [3.63, 3.8) is 0 Å². The second-order valence-electron chi connectivity index (χ2n) is 9.83. The molecule has 5 nitrogen and oxygen atoms in total. The maximum absolute atomic E-state index is 13.4. The van der Waals surface area contributed by atoms with Crippen LogP contribution in [0.5, 0.6) is 0 Å². The third-order valence-corrected chi connectivity index (χ3v) is 7.75. The molecule has 1 N–H and O–H groups in total. The summed E-state index contributed by atoms with van der Waals surface area (Å²) >= 11 is 0. The van der Waals surface area contributed by atoms with E-state index >= 15 is 0 Å². The standard InChI is InChI=1S/C26H39N3O2/c1-20(21-10-4-2-5-11-21)27-25(30)24(22-12-8-9-13-22)28-16-18-29(19-17-28)26(31)23-14-6-3-7-15-23/h2,4-5,10-11,20,22-24H,3,6-9,12-19H2,1H3,(H,27,30). The van der Waals surface area contributed by atoms with Gasteiger partial charge in [-0.25, -0.2) is 0 Å². The average molecular weight is 426 g/mol. The van der Waals surface area contributed by atoms with Gasteiger partial charge < -0.3 is 10.2 Å². The number of nitrogens with zero attached hydrogens (tertiary/aromatic N) is 2. The number of carbonyl (C=O) groups excluding carboxylic acids is 2. The SMILES string of the molecule is CC(NC(=O)C(C1CCCC1)N1CCN(C(=O)C2CCCCC2)CC1)c1ccccc1. The molecule has 0 radical (unpaired) electrons. The van der Waals surface area contributed by atoms with Gasteiger partial charge in [0.1, 0.15) is 0 Å². The molecule has 2 unspecified atom stereocenters. The van der Waals surface area contributed by atoms with E-state index in [1.807, 2.05) is 18.2 Å². The van der Waals surface area contributed by atoms with Gasteiger partial charge in [-0.2, -0.15) is 0 Å². The van der Waals surface area contributed by atoms with E-state index in [0.717, 1.165) is 57.4 Å². The molecule has 5 heteroatoms. The Labute approximate surface area is 187 Å². The fraction of sp³-hybridized carbons (Fsp3) is 0.692. The molecule has 0 bridgehead atoms. The number of hydrogen-bond donors (Lipinski definition) is 1. The van der Waals surface area contributed by atoms with Gasteiger partial charge in [-0.15, -0.1) is 0 Å². The van der Waals surface area contributed by atoms with Crippen molar-refractivity contribution in [3.8, 4) is 0 Å². The quantitative estimate of drug-likeness (QED) is 0.745. The Kier molecular flexibility index (Phi) is 7.65. The Bertz CT molecular complexity index is 717.